The fraction of sp³-hybridized carbons (Fsp3) is 0.304. The molecule has 6 nitrogen and oxygen atoms in total. The number of hydrogen-bond acceptors (Lipinski definition) is 4. The highest BCUT2D eigenvalue weighted by Gasteiger charge is 2.17. The van der Waals surface area contributed by atoms with Gasteiger partial charge in [-0.05, 0) is 48.2 Å². The Bertz CT molecular complexity index is 938. The van der Waals surface area contributed by atoms with Crippen molar-refractivity contribution in [3.8, 4) is 0 Å². The molecule has 1 aliphatic heterocycles. The van der Waals surface area contributed by atoms with Crippen LogP contribution in [-0.4, -0.2) is 23.6 Å². The Balaban J connectivity index is 1.26. The van der Waals surface area contributed by atoms with E-state index in [4.69, 9.17) is 4.42 Å². The van der Waals surface area contributed by atoms with Crippen LogP contribution in [0.5, 0.6) is 0 Å². The number of nitrogens with one attached hydrogen (secondary N) is 2. The molecule has 2 N–H and O–H groups in total. The zero-order valence-electron chi connectivity index (χ0n) is 16.6. The first-order valence-corrected chi connectivity index (χ1v) is 10.0. The number of fused-ring (bicyclic) bond motifs is 1. The van der Waals surface area contributed by atoms with Crippen molar-refractivity contribution in [1.82, 2.24) is 15.6 Å². The molecule has 1 aliphatic rings. The monoisotopic (exact) mass is 390 g/mol. The van der Waals surface area contributed by atoms with Crippen molar-refractivity contribution in [2.24, 2.45) is 0 Å². The van der Waals surface area contributed by atoms with E-state index in [1.807, 2.05) is 37.4 Å². The molecular formula is C23H26N4O2. The van der Waals surface area contributed by atoms with Gasteiger partial charge in [0.1, 0.15) is 11.6 Å². The highest BCUT2D eigenvalue weighted by molar-refractivity contribution is 5.74. The number of anilines is 1. The lowest BCUT2D eigenvalue weighted by molar-refractivity contribution is 0.237. The van der Waals surface area contributed by atoms with Gasteiger partial charge in [-0.25, -0.2) is 9.78 Å². The molecule has 2 amide bonds. The van der Waals surface area contributed by atoms with Crippen LogP contribution in [0.25, 0.3) is 0 Å². The first-order valence-electron chi connectivity index (χ1n) is 10.0. The fourth-order valence-electron chi connectivity index (χ4n) is 3.64. The van der Waals surface area contributed by atoms with E-state index >= 15 is 0 Å². The van der Waals surface area contributed by atoms with E-state index in [9.17, 15) is 4.79 Å². The molecule has 0 saturated carbocycles. The number of carbonyl (C=O) groups is 1. The van der Waals surface area contributed by atoms with Gasteiger partial charge in [-0.1, -0.05) is 30.3 Å². The van der Waals surface area contributed by atoms with Crippen LogP contribution >= 0.6 is 0 Å². The van der Waals surface area contributed by atoms with Crippen LogP contribution in [0.4, 0.5) is 10.6 Å². The number of nitrogens with zero attached hydrogens (tertiary/aromatic N) is 2. The summed E-state index contributed by atoms with van der Waals surface area (Å²) in [4.78, 5) is 19.0. The fourth-order valence-corrected chi connectivity index (χ4v) is 3.64. The second kappa shape index (κ2) is 8.82. The van der Waals surface area contributed by atoms with Crippen LogP contribution in [0.2, 0.25) is 0 Å². The second-order valence-electron chi connectivity index (χ2n) is 7.48. The highest BCUT2D eigenvalue weighted by atomic mass is 16.3. The molecule has 1 aromatic carbocycles. The molecule has 0 radical (unpaired) electrons. The maximum absolute atomic E-state index is 12.1. The van der Waals surface area contributed by atoms with Gasteiger partial charge in [-0.2, -0.15) is 0 Å². The highest BCUT2D eigenvalue weighted by Crippen LogP contribution is 2.22. The number of benzene rings is 1. The summed E-state index contributed by atoms with van der Waals surface area (Å²) in [5.41, 5.74) is 3.77. The van der Waals surface area contributed by atoms with Gasteiger partial charge in [0, 0.05) is 38.3 Å². The third-order valence-corrected chi connectivity index (χ3v) is 5.18. The number of pyridine rings is 1. The first-order chi connectivity index (χ1) is 14.2. The predicted molar refractivity (Wildman–Crippen MR) is 113 cm³/mol. The van der Waals surface area contributed by atoms with Gasteiger partial charge in [-0.3, -0.25) is 0 Å². The molecule has 150 valence electrons. The van der Waals surface area contributed by atoms with Crippen molar-refractivity contribution >= 4 is 11.8 Å². The van der Waals surface area contributed by atoms with E-state index in [0.717, 1.165) is 36.7 Å². The van der Waals surface area contributed by atoms with Crippen molar-refractivity contribution in [2.45, 2.75) is 38.9 Å². The molecule has 2 aromatic heterocycles. The summed E-state index contributed by atoms with van der Waals surface area (Å²) < 4.78 is 5.31. The Hall–Kier alpha value is -3.28. The SMILES string of the molecule is CC(Cc1ccco1)NC(=O)NCc1ccc(N2CCc3ccccc3C2)nc1. The van der Waals surface area contributed by atoms with Gasteiger partial charge in [-0.15, -0.1) is 0 Å². The molecule has 1 unspecified atom stereocenters. The van der Waals surface area contributed by atoms with Gasteiger partial charge in [0.25, 0.3) is 0 Å². The largest absolute Gasteiger partial charge is 0.469 e. The Labute approximate surface area is 170 Å². The van der Waals surface area contributed by atoms with Crippen LogP contribution in [0.15, 0.2) is 65.4 Å². The molecule has 0 bridgehead atoms. The lowest BCUT2D eigenvalue weighted by Crippen LogP contribution is -2.41. The van der Waals surface area contributed by atoms with Crippen molar-refractivity contribution in [1.29, 1.82) is 0 Å². The minimum Gasteiger partial charge on any atom is -0.469 e. The normalized spacial score (nSPS) is 14.2. The van der Waals surface area contributed by atoms with Crippen molar-refractivity contribution in [2.75, 3.05) is 11.4 Å². The minimum absolute atomic E-state index is 0.0105. The third-order valence-electron chi connectivity index (χ3n) is 5.18. The standard InChI is InChI=1S/C23H26N4O2/c1-17(13-21-7-4-12-29-21)26-23(28)25-15-18-8-9-22(24-14-18)27-11-10-19-5-2-3-6-20(19)16-27/h2-9,12,14,17H,10-11,13,15-16H2,1H3,(H2,25,26,28). The van der Waals surface area contributed by atoms with E-state index in [2.05, 4.69) is 44.8 Å². The van der Waals surface area contributed by atoms with Crippen molar-refractivity contribution in [3.05, 3.63) is 83.4 Å². The summed E-state index contributed by atoms with van der Waals surface area (Å²) in [6.07, 6.45) is 5.18. The van der Waals surface area contributed by atoms with E-state index < -0.39 is 0 Å². The van der Waals surface area contributed by atoms with E-state index in [-0.39, 0.29) is 12.1 Å². The van der Waals surface area contributed by atoms with Crippen molar-refractivity contribution < 1.29 is 9.21 Å². The van der Waals surface area contributed by atoms with Gasteiger partial charge >= 0.3 is 6.03 Å². The molecule has 0 aliphatic carbocycles. The average molecular weight is 390 g/mol. The summed E-state index contributed by atoms with van der Waals surface area (Å²) in [5.74, 6) is 1.83. The number of furan rings is 1. The Morgan fingerprint density at radius 2 is 2.03 bits per heavy atom. The molecule has 6 heteroatoms. The molecule has 0 spiro atoms. The molecule has 3 aromatic rings. The maximum Gasteiger partial charge on any atom is 0.315 e. The molecule has 3 heterocycles. The summed E-state index contributed by atoms with van der Waals surface area (Å²) >= 11 is 0. The van der Waals surface area contributed by atoms with Gasteiger partial charge < -0.3 is 20.0 Å². The summed E-state index contributed by atoms with van der Waals surface area (Å²) in [7, 11) is 0. The molecular weight excluding hydrogens is 364 g/mol. The zero-order valence-corrected chi connectivity index (χ0v) is 16.6. The lowest BCUT2D eigenvalue weighted by atomic mass is 10.00. The summed E-state index contributed by atoms with van der Waals surface area (Å²) in [5, 5.41) is 5.81. The maximum atomic E-state index is 12.1. The number of carbonyl (C=O) groups excluding carboxylic acids is 1. The Morgan fingerprint density at radius 1 is 1.17 bits per heavy atom. The number of hydrogen-bond donors (Lipinski definition) is 2. The Morgan fingerprint density at radius 3 is 2.79 bits per heavy atom. The molecule has 29 heavy (non-hydrogen) atoms. The Kier molecular flexibility index (Phi) is 5.79. The van der Waals surface area contributed by atoms with Crippen LogP contribution in [0.1, 0.15) is 29.4 Å². The number of aromatic nitrogens is 1. The topological polar surface area (TPSA) is 70.4 Å². The summed E-state index contributed by atoms with van der Waals surface area (Å²) in [6, 6.07) is 16.2. The van der Waals surface area contributed by atoms with Crippen molar-refractivity contribution in [3.63, 3.8) is 0 Å². The van der Waals surface area contributed by atoms with E-state index in [1.54, 1.807) is 6.26 Å². The van der Waals surface area contributed by atoms with Crippen LogP contribution in [-0.2, 0) is 25.9 Å². The number of rotatable bonds is 6. The van der Waals surface area contributed by atoms with Crippen LogP contribution in [0.3, 0.4) is 0 Å². The smallest absolute Gasteiger partial charge is 0.315 e. The quantitative estimate of drug-likeness (QED) is 0.674. The van der Waals surface area contributed by atoms with Gasteiger partial charge in [0.2, 0.25) is 0 Å². The molecule has 0 fully saturated rings. The molecule has 1 atom stereocenters. The average Bonchev–Trinajstić information content (AvgIpc) is 3.25. The number of urea groups is 1. The first kappa shape index (κ1) is 19.1. The van der Waals surface area contributed by atoms with E-state index in [1.165, 1.54) is 11.1 Å². The van der Waals surface area contributed by atoms with Gasteiger partial charge in [0.15, 0.2) is 0 Å². The number of amides is 2. The lowest BCUT2D eigenvalue weighted by Gasteiger charge is -2.29. The predicted octanol–water partition coefficient (Wildman–Crippen LogP) is 3.67. The minimum atomic E-state index is -0.194. The third kappa shape index (κ3) is 4.96. The van der Waals surface area contributed by atoms with Gasteiger partial charge in [0.05, 0.1) is 6.26 Å². The molecule has 0 saturated heterocycles. The van der Waals surface area contributed by atoms with Crippen LogP contribution < -0.4 is 15.5 Å². The second-order valence-corrected chi connectivity index (χ2v) is 7.48. The van der Waals surface area contributed by atoms with E-state index in [0.29, 0.717) is 13.0 Å². The summed E-state index contributed by atoms with van der Waals surface area (Å²) in [6.45, 7) is 4.25. The molecule has 4 rings (SSSR count). The van der Waals surface area contributed by atoms with Crippen LogP contribution in [0, 0.1) is 0 Å². The zero-order chi connectivity index (χ0) is 20.1.